The molecule has 0 radical (unpaired) electrons. The van der Waals surface area contributed by atoms with Crippen molar-refractivity contribution in [2.45, 2.75) is 12.7 Å². The first-order valence-electron chi connectivity index (χ1n) is 5.89. The van der Waals surface area contributed by atoms with Crippen LogP contribution in [-0.2, 0) is 11.3 Å². The van der Waals surface area contributed by atoms with Crippen molar-refractivity contribution in [3.8, 4) is 11.5 Å². The molecule has 0 spiro atoms. The normalized spacial score (nSPS) is 17.7. The smallest absolute Gasteiger partial charge is 0.172 e. The molecule has 1 aromatic heterocycles. The van der Waals surface area contributed by atoms with Crippen molar-refractivity contribution in [2.24, 2.45) is 0 Å². The van der Waals surface area contributed by atoms with E-state index in [9.17, 15) is 0 Å². The van der Waals surface area contributed by atoms with Gasteiger partial charge in [0.25, 0.3) is 0 Å². The van der Waals surface area contributed by atoms with Gasteiger partial charge in [-0.2, -0.15) is 0 Å². The largest absolute Gasteiger partial charge is 0.485 e. The fraction of sp³-hybridized carbons (Fsp3) is 0.286. The van der Waals surface area contributed by atoms with Crippen molar-refractivity contribution < 1.29 is 14.2 Å². The van der Waals surface area contributed by atoms with E-state index < -0.39 is 0 Å². The zero-order valence-corrected chi connectivity index (χ0v) is 10.7. The Labute approximate surface area is 110 Å². The van der Waals surface area contributed by atoms with Crippen molar-refractivity contribution in [3.05, 3.63) is 46.7 Å². The molecule has 4 heteroatoms. The van der Waals surface area contributed by atoms with Gasteiger partial charge in [-0.15, -0.1) is 11.3 Å². The maximum Gasteiger partial charge on any atom is 0.172 e. The number of ether oxygens (including phenoxy) is 3. The van der Waals surface area contributed by atoms with Gasteiger partial charge >= 0.3 is 0 Å². The summed E-state index contributed by atoms with van der Waals surface area (Å²) in [4.78, 5) is 0. The summed E-state index contributed by atoms with van der Waals surface area (Å²) >= 11 is 1.59. The van der Waals surface area contributed by atoms with E-state index >= 15 is 0 Å². The number of hydrogen-bond donors (Lipinski definition) is 0. The minimum atomic E-state index is -0.0178. The quantitative estimate of drug-likeness (QED) is 0.847. The van der Waals surface area contributed by atoms with Gasteiger partial charge in [0, 0.05) is 10.8 Å². The molecule has 0 N–H and O–H groups in total. The molecule has 2 aromatic rings. The predicted octanol–water partition coefficient (Wildman–Crippen LogP) is 3.10. The van der Waals surface area contributed by atoms with Crippen LogP contribution in [0.3, 0.4) is 0 Å². The highest BCUT2D eigenvalue weighted by molar-refractivity contribution is 7.08. The second kappa shape index (κ2) is 5.42. The second-order valence-corrected chi connectivity index (χ2v) is 4.90. The summed E-state index contributed by atoms with van der Waals surface area (Å²) in [6.07, 6.45) is -0.0178. The zero-order valence-electron chi connectivity index (χ0n) is 9.87. The van der Waals surface area contributed by atoms with Crippen LogP contribution in [0.1, 0.15) is 5.56 Å². The topological polar surface area (TPSA) is 27.7 Å². The van der Waals surface area contributed by atoms with Crippen LogP contribution < -0.4 is 9.47 Å². The lowest BCUT2D eigenvalue weighted by Gasteiger charge is -2.24. The molecule has 0 aliphatic carbocycles. The predicted molar refractivity (Wildman–Crippen MR) is 70.3 cm³/mol. The average Bonchev–Trinajstić information content (AvgIpc) is 2.87. The number of rotatable bonds is 4. The zero-order chi connectivity index (χ0) is 12.2. The third kappa shape index (κ3) is 2.66. The SMILES string of the molecule is c1ccc(COCC2COc3cscc3O2)cc1. The van der Waals surface area contributed by atoms with Crippen LogP contribution in [0, 0.1) is 0 Å². The summed E-state index contributed by atoms with van der Waals surface area (Å²) < 4.78 is 17.0. The molecule has 2 heterocycles. The van der Waals surface area contributed by atoms with Gasteiger partial charge in [0.15, 0.2) is 17.6 Å². The summed E-state index contributed by atoms with van der Waals surface area (Å²) in [7, 11) is 0. The molecule has 18 heavy (non-hydrogen) atoms. The average molecular weight is 262 g/mol. The van der Waals surface area contributed by atoms with E-state index in [2.05, 4.69) is 12.1 Å². The van der Waals surface area contributed by atoms with Gasteiger partial charge in [0.2, 0.25) is 0 Å². The summed E-state index contributed by atoms with van der Waals surface area (Å²) in [5.74, 6) is 1.68. The number of benzene rings is 1. The van der Waals surface area contributed by atoms with Gasteiger partial charge < -0.3 is 14.2 Å². The van der Waals surface area contributed by atoms with E-state index in [1.165, 1.54) is 5.56 Å². The third-order valence-electron chi connectivity index (χ3n) is 2.73. The van der Waals surface area contributed by atoms with Crippen molar-refractivity contribution in [1.29, 1.82) is 0 Å². The maximum absolute atomic E-state index is 5.77. The molecular formula is C14H14O3S. The highest BCUT2D eigenvalue weighted by Crippen LogP contribution is 2.35. The Morgan fingerprint density at radius 3 is 2.89 bits per heavy atom. The first kappa shape index (κ1) is 11.6. The molecule has 0 bridgehead atoms. The highest BCUT2D eigenvalue weighted by Gasteiger charge is 2.21. The van der Waals surface area contributed by atoms with Gasteiger partial charge in [-0.1, -0.05) is 30.3 Å². The van der Waals surface area contributed by atoms with Crippen LogP contribution in [0.5, 0.6) is 11.5 Å². The first-order valence-corrected chi connectivity index (χ1v) is 6.83. The minimum Gasteiger partial charge on any atom is -0.485 e. The Bertz CT molecular complexity index is 495. The van der Waals surface area contributed by atoms with Gasteiger partial charge in [0.05, 0.1) is 13.2 Å². The lowest BCUT2D eigenvalue weighted by atomic mass is 10.2. The molecule has 3 nitrogen and oxygen atoms in total. The molecule has 0 fully saturated rings. The molecule has 1 unspecified atom stereocenters. The Hall–Kier alpha value is -1.52. The van der Waals surface area contributed by atoms with Crippen molar-refractivity contribution in [1.82, 2.24) is 0 Å². The van der Waals surface area contributed by atoms with E-state index in [4.69, 9.17) is 14.2 Å². The van der Waals surface area contributed by atoms with Crippen LogP contribution in [0.2, 0.25) is 0 Å². The van der Waals surface area contributed by atoms with E-state index in [-0.39, 0.29) is 6.10 Å². The molecule has 0 saturated heterocycles. The fourth-order valence-corrected chi connectivity index (χ4v) is 2.50. The molecule has 1 aromatic carbocycles. The van der Waals surface area contributed by atoms with Gasteiger partial charge in [-0.05, 0) is 5.56 Å². The Kier molecular flexibility index (Phi) is 3.48. The standard InChI is InChI=1S/C14H14O3S/c1-2-4-11(5-3-1)6-15-7-12-8-16-13-9-18-10-14(13)17-12/h1-5,9-10,12H,6-8H2. The summed E-state index contributed by atoms with van der Waals surface area (Å²) in [5, 5.41) is 3.91. The molecule has 0 amide bonds. The van der Waals surface area contributed by atoms with E-state index in [1.54, 1.807) is 11.3 Å². The molecule has 3 rings (SSSR count). The number of thiophene rings is 1. The molecular weight excluding hydrogens is 248 g/mol. The van der Waals surface area contributed by atoms with Crippen molar-refractivity contribution in [2.75, 3.05) is 13.2 Å². The number of fused-ring (bicyclic) bond motifs is 1. The Morgan fingerprint density at radius 2 is 2.00 bits per heavy atom. The second-order valence-electron chi connectivity index (χ2n) is 4.15. The van der Waals surface area contributed by atoms with Crippen LogP contribution >= 0.6 is 11.3 Å². The van der Waals surface area contributed by atoms with Crippen LogP contribution in [0.4, 0.5) is 0 Å². The van der Waals surface area contributed by atoms with E-state index in [1.807, 2.05) is 29.0 Å². The lowest BCUT2D eigenvalue weighted by Crippen LogP contribution is -2.32. The first-order chi connectivity index (χ1) is 8.92. The Morgan fingerprint density at radius 1 is 1.17 bits per heavy atom. The number of hydrogen-bond acceptors (Lipinski definition) is 4. The maximum atomic E-state index is 5.77. The van der Waals surface area contributed by atoms with Crippen molar-refractivity contribution in [3.63, 3.8) is 0 Å². The summed E-state index contributed by atoms with van der Waals surface area (Å²) in [6.45, 7) is 1.71. The highest BCUT2D eigenvalue weighted by atomic mass is 32.1. The van der Waals surface area contributed by atoms with Crippen molar-refractivity contribution >= 4 is 11.3 Å². The summed E-state index contributed by atoms with van der Waals surface area (Å²) in [5.41, 5.74) is 1.17. The Balaban J connectivity index is 1.48. The molecule has 1 aliphatic rings. The monoisotopic (exact) mass is 262 g/mol. The molecule has 1 aliphatic heterocycles. The van der Waals surface area contributed by atoms with Gasteiger partial charge in [-0.25, -0.2) is 0 Å². The molecule has 1 atom stereocenters. The van der Waals surface area contributed by atoms with Crippen LogP contribution in [0.15, 0.2) is 41.1 Å². The van der Waals surface area contributed by atoms with Gasteiger partial charge in [0.1, 0.15) is 6.61 Å². The minimum absolute atomic E-state index is 0.0178. The third-order valence-corrected chi connectivity index (χ3v) is 3.43. The van der Waals surface area contributed by atoms with Gasteiger partial charge in [-0.3, -0.25) is 0 Å². The van der Waals surface area contributed by atoms with E-state index in [0.717, 1.165) is 11.5 Å². The molecule has 94 valence electrons. The van der Waals surface area contributed by atoms with Crippen LogP contribution in [0.25, 0.3) is 0 Å². The van der Waals surface area contributed by atoms with Crippen LogP contribution in [-0.4, -0.2) is 19.3 Å². The fourth-order valence-electron chi connectivity index (χ4n) is 1.83. The molecule has 0 saturated carbocycles. The summed E-state index contributed by atoms with van der Waals surface area (Å²) in [6, 6.07) is 10.1. The lowest BCUT2D eigenvalue weighted by molar-refractivity contribution is 0.00333. The van der Waals surface area contributed by atoms with E-state index in [0.29, 0.717) is 19.8 Å².